The summed E-state index contributed by atoms with van der Waals surface area (Å²) < 4.78 is 15.9. The van der Waals surface area contributed by atoms with Gasteiger partial charge in [0, 0.05) is 6.04 Å². The van der Waals surface area contributed by atoms with E-state index in [0.717, 1.165) is 23.5 Å². The number of nitrogens with one attached hydrogen (secondary N) is 1. The molecule has 29 heavy (non-hydrogen) atoms. The highest BCUT2D eigenvalue weighted by Crippen LogP contribution is 2.23. The first-order valence-electron chi connectivity index (χ1n) is 9.44. The Bertz CT molecular complexity index is 1230. The van der Waals surface area contributed by atoms with Crippen molar-refractivity contribution in [2.24, 2.45) is 0 Å². The fourth-order valence-corrected chi connectivity index (χ4v) is 3.62. The average molecular weight is 416 g/mol. The predicted octanol–water partition coefficient (Wildman–Crippen LogP) is 3.17. The van der Waals surface area contributed by atoms with Crippen molar-refractivity contribution in [3.05, 3.63) is 74.1 Å². The molecular weight excluding hydrogens is 397 g/mol. The van der Waals surface area contributed by atoms with E-state index in [0.29, 0.717) is 11.9 Å². The molecule has 1 aromatic heterocycles. The Hall–Kier alpha value is -2.93. The summed E-state index contributed by atoms with van der Waals surface area (Å²) in [7, 11) is 0. The number of halogens is 2. The summed E-state index contributed by atoms with van der Waals surface area (Å²) in [6.07, 6.45) is 2.21. The third-order valence-corrected chi connectivity index (χ3v) is 5.37. The maximum Gasteiger partial charge on any atom is 0.336 e. The van der Waals surface area contributed by atoms with Crippen molar-refractivity contribution >= 4 is 28.4 Å². The van der Waals surface area contributed by atoms with Gasteiger partial charge in [-0.05, 0) is 49.6 Å². The van der Waals surface area contributed by atoms with Crippen LogP contribution in [0.5, 0.6) is 0 Å². The number of amides is 1. The molecule has 0 radical (unpaired) electrons. The van der Waals surface area contributed by atoms with Gasteiger partial charge in [-0.3, -0.25) is 14.2 Å². The lowest BCUT2D eigenvalue weighted by molar-refractivity contribution is -0.124. The molecule has 0 saturated heterocycles. The molecule has 150 valence electrons. The minimum atomic E-state index is -0.782. The van der Waals surface area contributed by atoms with Gasteiger partial charge in [-0.25, -0.2) is 13.8 Å². The average Bonchev–Trinajstić information content (AvgIpc) is 3.51. The number of hydrogen-bond donors (Lipinski definition) is 1. The number of nitrogens with zero attached hydrogens (tertiary/aromatic N) is 2. The fraction of sp³-hybridized carbons (Fsp3) is 0.286. The van der Waals surface area contributed by atoms with E-state index in [2.05, 4.69) is 5.32 Å². The third kappa shape index (κ3) is 3.46. The highest BCUT2D eigenvalue weighted by molar-refractivity contribution is 6.30. The normalized spacial score (nSPS) is 14.7. The molecule has 0 aliphatic heterocycles. The SMILES string of the molecule is CCC(C(=O)NC1CC1)n1c(=O)n(-c2ccc(F)c(Cl)c2)c(=O)c2ccccc21. The first-order valence-corrected chi connectivity index (χ1v) is 9.82. The first-order chi connectivity index (χ1) is 13.9. The molecule has 1 saturated carbocycles. The van der Waals surface area contributed by atoms with Gasteiger partial charge in [0.2, 0.25) is 5.91 Å². The molecule has 8 heteroatoms. The monoisotopic (exact) mass is 415 g/mol. The van der Waals surface area contributed by atoms with Crippen LogP contribution < -0.4 is 16.6 Å². The fourth-order valence-electron chi connectivity index (χ4n) is 3.45. The van der Waals surface area contributed by atoms with Crippen LogP contribution in [0.1, 0.15) is 32.2 Å². The molecule has 6 nitrogen and oxygen atoms in total. The van der Waals surface area contributed by atoms with Crippen molar-refractivity contribution in [3.8, 4) is 5.69 Å². The lowest BCUT2D eigenvalue weighted by Gasteiger charge is -2.21. The Kier molecular flexibility index (Phi) is 5.00. The van der Waals surface area contributed by atoms with E-state index < -0.39 is 23.1 Å². The van der Waals surface area contributed by atoms with Crippen LogP contribution in [-0.2, 0) is 4.79 Å². The second kappa shape index (κ2) is 7.48. The van der Waals surface area contributed by atoms with E-state index in [9.17, 15) is 18.8 Å². The molecule has 0 bridgehead atoms. The van der Waals surface area contributed by atoms with Gasteiger partial charge in [-0.15, -0.1) is 0 Å². The second-order valence-corrected chi connectivity index (χ2v) is 7.52. The van der Waals surface area contributed by atoms with Crippen LogP contribution in [0.4, 0.5) is 4.39 Å². The smallest absolute Gasteiger partial charge is 0.336 e. The molecule has 1 heterocycles. The quantitative estimate of drug-likeness (QED) is 0.695. The number of hydrogen-bond acceptors (Lipinski definition) is 3. The van der Waals surface area contributed by atoms with E-state index in [1.807, 2.05) is 6.92 Å². The summed E-state index contributed by atoms with van der Waals surface area (Å²) in [5, 5.41) is 3.01. The van der Waals surface area contributed by atoms with Gasteiger partial charge in [0.05, 0.1) is 21.6 Å². The number of fused-ring (bicyclic) bond motifs is 1. The molecule has 1 aliphatic rings. The van der Waals surface area contributed by atoms with E-state index >= 15 is 0 Å². The van der Waals surface area contributed by atoms with E-state index in [1.165, 1.54) is 16.7 Å². The number of aromatic nitrogens is 2. The Balaban J connectivity index is 2.00. The Morgan fingerprint density at radius 1 is 1.24 bits per heavy atom. The summed E-state index contributed by atoms with van der Waals surface area (Å²) in [5.74, 6) is -0.913. The third-order valence-electron chi connectivity index (χ3n) is 5.08. The van der Waals surface area contributed by atoms with Crippen molar-refractivity contribution in [1.82, 2.24) is 14.5 Å². The summed E-state index contributed by atoms with van der Waals surface area (Å²) in [4.78, 5) is 39.3. The van der Waals surface area contributed by atoms with Gasteiger partial charge in [-0.2, -0.15) is 0 Å². The van der Waals surface area contributed by atoms with Crippen LogP contribution in [0.3, 0.4) is 0 Å². The molecule has 4 rings (SSSR count). The zero-order chi connectivity index (χ0) is 20.7. The van der Waals surface area contributed by atoms with Crippen molar-refractivity contribution in [1.29, 1.82) is 0 Å². The van der Waals surface area contributed by atoms with Crippen molar-refractivity contribution in [3.63, 3.8) is 0 Å². The standard InChI is InChI=1S/C21H19ClFN3O3/c1-2-17(19(27)24-12-7-8-12)26-18-6-4-3-5-14(18)20(28)25(21(26)29)13-9-10-16(23)15(22)11-13/h3-6,9-12,17H,2,7-8H2,1H3,(H,24,27). The first kappa shape index (κ1) is 19.4. The minimum absolute atomic E-state index is 0.139. The lowest BCUT2D eigenvalue weighted by Crippen LogP contribution is -2.44. The summed E-state index contributed by atoms with van der Waals surface area (Å²) in [6, 6.07) is 9.64. The minimum Gasteiger partial charge on any atom is -0.352 e. The maximum absolute atomic E-state index is 13.6. The highest BCUT2D eigenvalue weighted by Gasteiger charge is 2.30. The molecule has 0 spiro atoms. The van der Waals surface area contributed by atoms with Crippen molar-refractivity contribution < 1.29 is 9.18 Å². The van der Waals surface area contributed by atoms with Gasteiger partial charge in [0.15, 0.2) is 0 Å². The van der Waals surface area contributed by atoms with Gasteiger partial charge in [0.25, 0.3) is 5.56 Å². The lowest BCUT2D eigenvalue weighted by atomic mass is 10.1. The van der Waals surface area contributed by atoms with Crippen LogP contribution in [-0.4, -0.2) is 21.1 Å². The van der Waals surface area contributed by atoms with Gasteiger partial charge >= 0.3 is 5.69 Å². The summed E-state index contributed by atoms with van der Waals surface area (Å²) in [5.41, 5.74) is -0.704. The summed E-state index contributed by atoms with van der Waals surface area (Å²) in [6.45, 7) is 1.81. The molecular formula is C21H19ClFN3O3. The van der Waals surface area contributed by atoms with Crippen LogP contribution >= 0.6 is 11.6 Å². The molecule has 1 atom stereocenters. The number of rotatable bonds is 5. The zero-order valence-electron chi connectivity index (χ0n) is 15.7. The van der Waals surface area contributed by atoms with Crippen molar-refractivity contribution in [2.45, 2.75) is 38.3 Å². The van der Waals surface area contributed by atoms with Gasteiger partial charge < -0.3 is 5.32 Å². The predicted molar refractivity (Wildman–Crippen MR) is 109 cm³/mol. The Labute approximate surface area is 170 Å². The number of benzene rings is 2. The molecule has 1 unspecified atom stereocenters. The van der Waals surface area contributed by atoms with E-state index in [1.54, 1.807) is 24.3 Å². The zero-order valence-corrected chi connectivity index (χ0v) is 16.4. The number of para-hydroxylation sites is 1. The van der Waals surface area contributed by atoms with Crippen LogP contribution in [0.25, 0.3) is 16.6 Å². The van der Waals surface area contributed by atoms with Gasteiger partial charge in [-0.1, -0.05) is 30.7 Å². The Morgan fingerprint density at radius 3 is 2.62 bits per heavy atom. The van der Waals surface area contributed by atoms with E-state index in [-0.39, 0.29) is 28.0 Å². The Morgan fingerprint density at radius 2 is 1.97 bits per heavy atom. The number of carbonyl (C=O) groups is 1. The molecule has 3 aromatic rings. The largest absolute Gasteiger partial charge is 0.352 e. The van der Waals surface area contributed by atoms with Crippen molar-refractivity contribution in [2.75, 3.05) is 0 Å². The van der Waals surface area contributed by atoms with Gasteiger partial charge in [0.1, 0.15) is 11.9 Å². The molecule has 1 aliphatic carbocycles. The van der Waals surface area contributed by atoms with Crippen LogP contribution in [0.15, 0.2) is 52.1 Å². The molecule has 1 N–H and O–H groups in total. The highest BCUT2D eigenvalue weighted by atomic mass is 35.5. The van der Waals surface area contributed by atoms with Crippen LogP contribution in [0, 0.1) is 5.82 Å². The van der Waals surface area contributed by atoms with Crippen LogP contribution in [0.2, 0.25) is 5.02 Å². The number of carbonyl (C=O) groups excluding carboxylic acids is 1. The van der Waals surface area contributed by atoms with E-state index in [4.69, 9.17) is 11.6 Å². The topological polar surface area (TPSA) is 73.1 Å². The second-order valence-electron chi connectivity index (χ2n) is 7.12. The summed E-state index contributed by atoms with van der Waals surface area (Å²) >= 11 is 5.87. The maximum atomic E-state index is 13.6. The molecule has 1 amide bonds. The molecule has 1 fully saturated rings. The molecule has 2 aromatic carbocycles.